The van der Waals surface area contributed by atoms with Gasteiger partial charge in [-0.15, -0.1) is 0 Å². The van der Waals surface area contributed by atoms with Gasteiger partial charge in [0.15, 0.2) is 0 Å². The fourth-order valence-corrected chi connectivity index (χ4v) is 2.33. The predicted octanol–water partition coefficient (Wildman–Crippen LogP) is 3.82. The van der Waals surface area contributed by atoms with Gasteiger partial charge in [-0.2, -0.15) is 4.90 Å². The summed E-state index contributed by atoms with van der Waals surface area (Å²) in [6.45, 7) is 9.91. The van der Waals surface area contributed by atoms with Crippen LogP contribution >= 0.6 is 0 Å². The third-order valence-corrected chi connectivity index (χ3v) is 3.55. The van der Waals surface area contributed by atoms with Crippen molar-refractivity contribution in [3.8, 4) is 0 Å². The monoisotopic (exact) mass is 417 g/mol. The van der Waals surface area contributed by atoms with Crippen molar-refractivity contribution in [1.82, 2.24) is 4.90 Å². The highest BCUT2D eigenvalue weighted by Crippen LogP contribution is 2.20. The molecule has 0 aromatic carbocycles. The molecular weight excluding hydrogens is 382 g/mol. The van der Waals surface area contributed by atoms with Gasteiger partial charge in [0.05, 0.1) is 14.2 Å². The SMILES string of the molecule is COC(=O)CCCCC[C@@H](C(=O)OC)N(C(=O)OC(C)(C)C)C(=O)OC(C)(C)C. The first-order chi connectivity index (χ1) is 13.2. The standard InChI is InChI=1S/C20H35NO8/c1-19(2,3)28-17(24)21(18(25)29-20(4,5)6)14(16(23)27-8)12-10-9-11-13-15(22)26-7/h14H,9-13H2,1-8H3/t14-/m0/s1. The highest BCUT2D eigenvalue weighted by Gasteiger charge is 2.40. The van der Waals surface area contributed by atoms with E-state index in [1.165, 1.54) is 14.2 Å². The normalized spacial score (nSPS) is 12.6. The molecule has 0 rings (SSSR count). The Balaban J connectivity index is 5.44. The van der Waals surface area contributed by atoms with Gasteiger partial charge in [0, 0.05) is 6.42 Å². The minimum atomic E-state index is -1.21. The number of ether oxygens (including phenoxy) is 4. The second kappa shape index (κ2) is 11.6. The molecule has 1 atom stereocenters. The van der Waals surface area contributed by atoms with Crippen LogP contribution < -0.4 is 0 Å². The van der Waals surface area contributed by atoms with E-state index in [0.717, 1.165) is 0 Å². The first-order valence-electron chi connectivity index (χ1n) is 9.61. The lowest BCUT2D eigenvalue weighted by Gasteiger charge is -2.32. The molecule has 0 aromatic rings. The minimum absolute atomic E-state index is 0.145. The Morgan fingerprint density at radius 3 is 1.62 bits per heavy atom. The fourth-order valence-electron chi connectivity index (χ4n) is 2.33. The molecule has 0 radical (unpaired) electrons. The first kappa shape index (κ1) is 26.7. The van der Waals surface area contributed by atoms with E-state index < -0.39 is 35.4 Å². The zero-order chi connectivity index (χ0) is 22.8. The molecule has 0 unspecified atom stereocenters. The summed E-state index contributed by atoms with van der Waals surface area (Å²) >= 11 is 0. The van der Waals surface area contributed by atoms with Gasteiger partial charge in [0.25, 0.3) is 0 Å². The fraction of sp³-hybridized carbons (Fsp3) is 0.800. The lowest BCUT2D eigenvalue weighted by atomic mass is 10.1. The maximum absolute atomic E-state index is 12.7. The molecule has 9 heteroatoms. The molecule has 0 aliphatic heterocycles. The number of nitrogens with zero attached hydrogens (tertiary/aromatic N) is 1. The summed E-state index contributed by atoms with van der Waals surface area (Å²) in [4.78, 5) is 49.6. The van der Waals surface area contributed by atoms with E-state index >= 15 is 0 Å². The van der Waals surface area contributed by atoms with Crippen LogP contribution in [0.25, 0.3) is 0 Å². The van der Waals surface area contributed by atoms with E-state index in [1.54, 1.807) is 41.5 Å². The van der Waals surface area contributed by atoms with Gasteiger partial charge in [-0.1, -0.05) is 12.8 Å². The Labute approximate surface area is 173 Å². The molecule has 9 nitrogen and oxygen atoms in total. The number of carbonyl (C=O) groups excluding carboxylic acids is 4. The number of rotatable bonds is 8. The van der Waals surface area contributed by atoms with Gasteiger partial charge < -0.3 is 18.9 Å². The zero-order valence-electron chi connectivity index (χ0n) is 18.8. The predicted molar refractivity (Wildman–Crippen MR) is 105 cm³/mol. The summed E-state index contributed by atoms with van der Waals surface area (Å²) in [6.07, 6.45) is 0.0405. The number of esters is 2. The summed E-state index contributed by atoms with van der Waals surface area (Å²) < 4.78 is 20.0. The van der Waals surface area contributed by atoms with Crippen molar-refractivity contribution in [1.29, 1.82) is 0 Å². The van der Waals surface area contributed by atoms with Gasteiger partial charge in [0.2, 0.25) is 0 Å². The molecule has 0 saturated carbocycles. The van der Waals surface area contributed by atoms with Gasteiger partial charge in [-0.25, -0.2) is 14.4 Å². The van der Waals surface area contributed by atoms with E-state index in [-0.39, 0.29) is 18.8 Å². The van der Waals surface area contributed by atoms with E-state index in [2.05, 4.69) is 4.74 Å². The summed E-state index contributed by atoms with van der Waals surface area (Å²) in [7, 11) is 2.49. The van der Waals surface area contributed by atoms with Gasteiger partial charge in [-0.05, 0) is 54.4 Å². The van der Waals surface area contributed by atoms with Crippen LogP contribution in [0, 0.1) is 0 Å². The molecule has 29 heavy (non-hydrogen) atoms. The Morgan fingerprint density at radius 1 is 0.759 bits per heavy atom. The molecule has 0 spiro atoms. The highest BCUT2D eigenvalue weighted by atomic mass is 16.6. The second-order valence-corrected chi connectivity index (χ2v) is 8.55. The van der Waals surface area contributed by atoms with Crippen molar-refractivity contribution in [2.24, 2.45) is 0 Å². The van der Waals surface area contributed by atoms with Crippen LogP contribution in [0.5, 0.6) is 0 Å². The van der Waals surface area contributed by atoms with Crippen molar-refractivity contribution in [2.75, 3.05) is 14.2 Å². The molecule has 2 amide bonds. The molecule has 0 saturated heterocycles. The van der Waals surface area contributed by atoms with Crippen molar-refractivity contribution in [3.05, 3.63) is 0 Å². The van der Waals surface area contributed by atoms with Crippen molar-refractivity contribution in [3.63, 3.8) is 0 Å². The van der Waals surface area contributed by atoms with Gasteiger partial charge >= 0.3 is 24.1 Å². The number of unbranched alkanes of at least 4 members (excludes halogenated alkanes) is 2. The third kappa shape index (κ3) is 11.3. The first-order valence-corrected chi connectivity index (χ1v) is 9.61. The molecule has 0 fully saturated rings. The second-order valence-electron chi connectivity index (χ2n) is 8.55. The van der Waals surface area contributed by atoms with Crippen LogP contribution in [-0.4, -0.2) is 60.5 Å². The van der Waals surface area contributed by atoms with Gasteiger partial charge in [0.1, 0.15) is 17.2 Å². The Hall–Kier alpha value is -2.32. The number of amides is 2. The Morgan fingerprint density at radius 2 is 1.24 bits per heavy atom. The molecule has 0 heterocycles. The lowest BCUT2D eigenvalue weighted by molar-refractivity contribution is -0.147. The minimum Gasteiger partial charge on any atom is -0.469 e. The Kier molecular flexibility index (Phi) is 10.7. The van der Waals surface area contributed by atoms with Crippen LogP contribution in [0.15, 0.2) is 0 Å². The molecule has 0 N–H and O–H groups in total. The molecule has 168 valence electrons. The summed E-state index contributed by atoms with van der Waals surface area (Å²) in [5.74, 6) is -1.08. The summed E-state index contributed by atoms with van der Waals surface area (Å²) in [6, 6.07) is -1.21. The van der Waals surface area contributed by atoms with E-state index in [9.17, 15) is 19.2 Å². The Bertz CT molecular complexity index is 546. The molecule has 0 aromatic heterocycles. The number of carbonyl (C=O) groups is 4. The van der Waals surface area contributed by atoms with E-state index in [4.69, 9.17) is 14.2 Å². The van der Waals surface area contributed by atoms with Crippen LogP contribution in [0.1, 0.15) is 73.6 Å². The quantitative estimate of drug-likeness (QED) is 0.333. The number of hydrogen-bond acceptors (Lipinski definition) is 8. The summed E-state index contributed by atoms with van der Waals surface area (Å²) in [5, 5.41) is 0. The largest absolute Gasteiger partial charge is 0.469 e. The number of imide groups is 1. The van der Waals surface area contributed by atoms with Gasteiger partial charge in [-0.3, -0.25) is 4.79 Å². The average Bonchev–Trinajstić information content (AvgIpc) is 2.55. The average molecular weight is 417 g/mol. The summed E-state index contributed by atoms with van der Waals surface area (Å²) in [5.41, 5.74) is -1.75. The smallest absolute Gasteiger partial charge is 0.420 e. The van der Waals surface area contributed by atoms with Crippen LogP contribution in [0.2, 0.25) is 0 Å². The molecule has 0 aliphatic rings. The van der Waals surface area contributed by atoms with Crippen molar-refractivity contribution >= 4 is 24.1 Å². The maximum atomic E-state index is 12.7. The maximum Gasteiger partial charge on any atom is 0.420 e. The molecule has 0 bridgehead atoms. The van der Waals surface area contributed by atoms with Crippen molar-refractivity contribution < 1.29 is 38.1 Å². The van der Waals surface area contributed by atoms with Crippen LogP contribution in [0.3, 0.4) is 0 Å². The molecule has 0 aliphatic carbocycles. The van der Waals surface area contributed by atoms with E-state index in [0.29, 0.717) is 24.2 Å². The highest BCUT2D eigenvalue weighted by molar-refractivity contribution is 5.94. The zero-order valence-corrected chi connectivity index (χ0v) is 18.8. The van der Waals surface area contributed by atoms with Crippen LogP contribution in [0.4, 0.5) is 9.59 Å². The van der Waals surface area contributed by atoms with E-state index in [1.807, 2.05) is 0 Å². The third-order valence-electron chi connectivity index (χ3n) is 3.55. The lowest BCUT2D eigenvalue weighted by Crippen LogP contribution is -2.52. The number of methoxy groups -OCH3 is 2. The molecular formula is C20H35NO8. The van der Waals surface area contributed by atoms with Crippen molar-refractivity contribution in [2.45, 2.75) is 90.9 Å². The topological polar surface area (TPSA) is 108 Å². The van der Waals surface area contributed by atoms with Crippen LogP contribution in [-0.2, 0) is 28.5 Å². The number of hydrogen-bond donors (Lipinski definition) is 0.